The molecule has 26 heavy (non-hydrogen) atoms. The predicted octanol–water partition coefficient (Wildman–Crippen LogP) is 3.38. The van der Waals surface area contributed by atoms with Crippen molar-refractivity contribution in [3.05, 3.63) is 64.4 Å². The molecule has 0 saturated heterocycles. The minimum absolute atomic E-state index is 0.125. The lowest BCUT2D eigenvalue weighted by molar-refractivity contribution is 0.0927. The molecule has 0 aliphatic carbocycles. The molecule has 0 radical (unpaired) electrons. The van der Waals surface area contributed by atoms with Crippen molar-refractivity contribution in [2.75, 3.05) is 20.3 Å². The second-order valence-corrected chi connectivity index (χ2v) is 6.68. The number of rotatable bonds is 6. The number of ether oxygens (including phenoxy) is 1. The molecule has 0 aliphatic heterocycles. The topological polar surface area (TPSA) is 69.0 Å². The van der Waals surface area contributed by atoms with Gasteiger partial charge < -0.3 is 10.1 Å². The number of halogens is 1. The summed E-state index contributed by atoms with van der Waals surface area (Å²) in [6.07, 6.45) is 0. The molecular formula is C19H19BrN4O2. The van der Waals surface area contributed by atoms with Crippen molar-refractivity contribution in [3.63, 3.8) is 0 Å². The number of nitrogens with zero attached hydrogens (tertiary/aromatic N) is 3. The van der Waals surface area contributed by atoms with Crippen molar-refractivity contribution >= 4 is 21.8 Å². The number of hydrogen-bond acceptors (Lipinski definition) is 4. The summed E-state index contributed by atoms with van der Waals surface area (Å²) in [5, 5.41) is 7.18. The SMILES string of the molecule is COCCNC(=O)c1nc(-c2ccc(C)cc2)n(-c2ccc(Br)cc2)n1. The van der Waals surface area contributed by atoms with Crippen LogP contribution in [-0.2, 0) is 4.74 Å². The average molecular weight is 415 g/mol. The van der Waals surface area contributed by atoms with Gasteiger partial charge in [0.15, 0.2) is 5.82 Å². The highest BCUT2D eigenvalue weighted by atomic mass is 79.9. The van der Waals surface area contributed by atoms with E-state index in [4.69, 9.17) is 4.74 Å². The first kappa shape index (κ1) is 18.3. The van der Waals surface area contributed by atoms with Gasteiger partial charge in [0.2, 0.25) is 5.82 Å². The van der Waals surface area contributed by atoms with E-state index in [1.807, 2.05) is 55.5 Å². The lowest BCUT2D eigenvalue weighted by Crippen LogP contribution is -2.28. The second kappa shape index (κ2) is 8.25. The van der Waals surface area contributed by atoms with Gasteiger partial charge in [-0.2, -0.15) is 0 Å². The van der Waals surface area contributed by atoms with Crippen LogP contribution in [0.25, 0.3) is 17.1 Å². The van der Waals surface area contributed by atoms with Crippen molar-refractivity contribution in [3.8, 4) is 17.1 Å². The molecule has 134 valence electrons. The number of amides is 1. The van der Waals surface area contributed by atoms with Crippen LogP contribution in [0, 0.1) is 6.92 Å². The number of aryl methyl sites for hydroxylation is 1. The van der Waals surface area contributed by atoms with E-state index < -0.39 is 0 Å². The summed E-state index contributed by atoms with van der Waals surface area (Å²) in [6.45, 7) is 2.86. The number of hydrogen-bond donors (Lipinski definition) is 1. The standard InChI is InChI=1S/C19H19BrN4O2/c1-13-3-5-14(6-4-13)18-22-17(19(25)21-11-12-26-2)23-24(18)16-9-7-15(20)8-10-16/h3-10H,11-12H2,1-2H3,(H,21,25). The lowest BCUT2D eigenvalue weighted by Gasteiger charge is -2.06. The van der Waals surface area contributed by atoms with Crippen LogP contribution in [0.4, 0.5) is 0 Å². The van der Waals surface area contributed by atoms with Gasteiger partial charge in [0.1, 0.15) is 0 Å². The maximum Gasteiger partial charge on any atom is 0.291 e. The molecular weight excluding hydrogens is 396 g/mol. The first-order valence-corrected chi connectivity index (χ1v) is 8.95. The monoisotopic (exact) mass is 414 g/mol. The van der Waals surface area contributed by atoms with Crippen LogP contribution in [0.15, 0.2) is 53.0 Å². The molecule has 1 amide bonds. The molecule has 1 N–H and O–H groups in total. The molecule has 1 heterocycles. The van der Waals surface area contributed by atoms with Gasteiger partial charge in [0, 0.05) is 23.7 Å². The van der Waals surface area contributed by atoms with Gasteiger partial charge in [-0.1, -0.05) is 45.8 Å². The molecule has 6 nitrogen and oxygen atoms in total. The van der Waals surface area contributed by atoms with Gasteiger partial charge in [-0.05, 0) is 31.2 Å². The normalized spacial score (nSPS) is 10.7. The highest BCUT2D eigenvalue weighted by Crippen LogP contribution is 2.23. The maximum absolute atomic E-state index is 12.3. The summed E-state index contributed by atoms with van der Waals surface area (Å²) < 4.78 is 7.60. The highest BCUT2D eigenvalue weighted by Gasteiger charge is 2.18. The van der Waals surface area contributed by atoms with Gasteiger partial charge >= 0.3 is 0 Å². The predicted molar refractivity (Wildman–Crippen MR) is 103 cm³/mol. The molecule has 0 saturated carbocycles. The lowest BCUT2D eigenvalue weighted by atomic mass is 10.1. The Bertz CT molecular complexity index is 826. The molecule has 1 aromatic heterocycles. The number of benzene rings is 2. The van der Waals surface area contributed by atoms with Crippen LogP contribution >= 0.6 is 15.9 Å². The van der Waals surface area contributed by atoms with Crippen LogP contribution in [0.3, 0.4) is 0 Å². The van der Waals surface area contributed by atoms with E-state index in [2.05, 4.69) is 31.3 Å². The molecule has 3 aromatic rings. The smallest absolute Gasteiger partial charge is 0.291 e. The quantitative estimate of drug-likeness (QED) is 0.627. The Hall–Kier alpha value is -2.51. The molecule has 0 unspecified atom stereocenters. The molecule has 0 fully saturated rings. The van der Waals surface area contributed by atoms with E-state index >= 15 is 0 Å². The van der Waals surface area contributed by atoms with Crippen molar-refractivity contribution < 1.29 is 9.53 Å². The molecule has 3 rings (SSSR count). The number of methoxy groups -OCH3 is 1. The first-order valence-electron chi connectivity index (χ1n) is 8.15. The zero-order valence-electron chi connectivity index (χ0n) is 14.6. The van der Waals surface area contributed by atoms with Crippen LogP contribution in [-0.4, -0.2) is 40.9 Å². The minimum atomic E-state index is -0.328. The summed E-state index contributed by atoms with van der Waals surface area (Å²) in [4.78, 5) is 16.8. The van der Waals surface area contributed by atoms with E-state index in [0.29, 0.717) is 19.0 Å². The highest BCUT2D eigenvalue weighted by molar-refractivity contribution is 9.10. The summed E-state index contributed by atoms with van der Waals surface area (Å²) >= 11 is 3.43. The van der Waals surface area contributed by atoms with Crippen LogP contribution in [0.2, 0.25) is 0 Å². The molecule has 0 aliphatic rings. The molecule has 0 bridgehead atoms. The Kier molecular flexibility index (Phi) is 5.80. The van der Waals surface area contributed by atoms with Crippen molar-refractivity contribution in [2.24, 2.45) is 0 Å². The van der Waals surface area contributed by atoms with Gasteiger partial charge in [-0.25, -0.2) is 9.67 Å². The Balaban J connectivity index is 2.01. The van der Waals surface area contributed by atoms with Crippen molar-refractivity contribution in [1.82, 2.24) is 20.1 Å². The fourth-order valence-corrected chi connectivity index (χ4v) is 2.67. The molecule has 2 aromatic carbocycles. The average Bonchev–Trinajstić information content (AvgIpc) is 3.08. The fraction of sp³-hybridized carbons (Fsp3) is 0.211. The fourth-order valence-electron chi connectivity index (χ4n) is 2.41. The zero-order valence-corrected chi connectivity index (χ0v) is 16.2. The van der Waals surface area contributed by atoms with Crippen molar-refractivity contribution in [2.45, 2.75) is 6.92 Å². The zero-order chi connectivity index (χ0) is 18.5. The van der Waals surface area contributed by atoms with Crippen LogP contribution in [0.5, 0.6) is 0 Å². The second-order valence-electron chi connectivity index (χ2n) is 5.76. The first-order chi connectivity index (χ1) is 12.6. The van der Waals surface area contributed by atoms with Crippen LogP contribution in [0.1, 0.15) is 16.2 Å². The van der Waals surface area contributed by atoms with Crippen LogP contribution < -0.4 is 5.32 Å². The third kappa shape index (κ3) is 4.17. The van der Waals surface area contributed by atoms with Gasteiger partial charge in [0.25, 0.3) is 5.91 Å². The van der Waals surface area contributed by atoms with E-state index in [1.165, 1.54) is 0 Å². The van der Waals surface area contributed by atoms with Gasteiger partial charge in [0.05, 0.1) is 12.3 Å². The Morgan fingerprint density at radius 2 is 1.85 bits per heavy atom. The van der Waals surface area contributed by atoms with Gasteiger partial charge in [-0.3, -0.25) is 4.79 Å². The minimum Gasteiger partial charge on any atom is -0.383 e. The van der Waals surface area contributed by atoms with E-state index in [0.717, 1.165) is 21.3 Å². The third-order valence-electron chi connectivity index (χ3n) is 3.78. The molecule has 7 heteroatoms. The summed E-state index contributed by atoms with van der Waals surface area (Å²) in [6, 6.07) is 15.7. The Morgan fingerprint density at radius 1 is 1.15 bits per heavy atom. The largest absolute Gasteiger partial charge is 0.383 e. The number of carbonyl (C=O) groups excluding carboxylic acids is 1. The van der Waals surface area contributed by atoms with Gasteiger partial charge in [-0.15, -0.1) is 5.10 Å². The Labute approximate surface area is 160 Å². The summed E-state index contributed by atoms with van der Waals surface area (Å²) in [5.41, 5.74) is 2.87. The van der Waals surface area contributed by atoms with E-state index in [9.17, 15) is 4.79 Å². The molecule has 0 atom stereocenters. The van der Waals surface area contributed by atoms with Crippen molar-refractivity contribution in [1.29, 1.82) is 0 Å². The third-order valence-corrected chi connectivity index (χ3v) is 4.31. The van der Waals surface area contributed by atoms with E-state index in [-0.39, 0.29) is 11.7 Å². The summed E-state index contributed by atoms with van der Waals surface area (Å²) in [5.74, 6) is 0.412. The number of carbonyl (C=O) groups is 1. The molecule has 0 spiro atoms. The summed E-state index contributed by atoms with van der Waals surface area (Å²) in [7, 11) is 1.59. The number of aromatic nitrogens is 3. The number of nitrogens with one attached hydrogen (secondary N) is 1. The van der Waals surface area contributed by atoms with E-state index in [1.54, 1.807) is 11.8 Å². The maximum atomic E-state index is 12.3. The Morgan fingerprint density at radius 3 is 2.50 bits per heavy atom.